The molecule has 1 aromatic heterocycles. The second-order valence-corrected chi connectivity index (χ2v) is 7.24. The van der Waals surface area contributed by atoms with Crippen LogP contribution < -0.4 is 5.32 Å². The van der Waals surface area contributed by atoms with Crippen molar-refractivity contribution in [3.63, 3.8) is 0 Å². The van der Waals surface area contributed by atoms with Gasteiger partial charge in [-0.05, 0) is 32.4 Å². The third-order valence-corrected chi connectivity index (χ3v) is 5.55. The number of aliphatic hydroxyl groups is 1. The summed E-state index contributed by atoms with van der Waals surface area (Å²) >= 11 is 0. The Labute approximate surface area is 154 Å². The zero-order chi connectivity index (χ0) is 18.7. The van der Waals surface area contributed by atoms with Crippen molar-refractivity contribution in [2.45, 2.75) is 45.0 Å². The van der Waals surface area contributed by atoms with E-state index in [1.165, 1.54) is 5.56 Å². The van der Waals surface area contributed by atoms with Gasteiger partial charge in [-0.1, -0.05) is 30.3 Å². The molecule has 1 fully saturated rings. The van der Waals surface area contributed by atoms with Crippen LogP contribution in [-0.4, -0.2) is 44.9 Å². The number of rotatable bonds is 6. The van der Waals surface area contributed by atoms with Crippen molar-refractivity contribution >= 4 is 5.91 Å². The molecule has 0 radical (unpaired) electrons. The molecular formula is C20H28N4O2. The van der Waals surface area contributed by atoms with Gasteiger partial charge in [0.25, 0.3) is 0 Å². The summed E-state index contributed by atoms with van der Waals surface area (Å²) in [6, 6.07) is 10.2. The maximum absolute atomic E-state index is 12.6. The molecule has 1 aliphatic rings. The van der Waals surface area contributed by atoms with Crippen LogP contribution in [-0.2, 0) is 24.9 Å². The lowest BCUT2D eigenvalue weighted by Gasteiger charge is -2.28. The van der Waals surface area contributed by atoms with Gasteiger partial charge in [-0.25, -0.2) is 0 Å². The average Bonchev–Trinajstić information content (AvgIpc) is 3.17. The highest BCUT2D eigenvalue weighted by molar-refractivity contribution is 5.79. The minimum atomic E-state index is -0.640. The lowest BCUT2D eigenvalue weighted by atomic mass is 10.0. The summed E-state index contributed by atoms with van der Waals surface area (Å²) in [5, 5.41) is 17.9. The highest BCUT2D eigenvalue weighted by atomic mass is 16.3. The van der Waals surface area contributed by atoms with Crippen LogP contribution in [0.4, 0.5) is 0 Å². The van der Waals surface area contributed by atoms with Gasteiger partial charge >= 0.3 is 0 Å². The molecule has 2 N–H and O–H groups in total. The number of aromatic nitrogens is 2. The normalized spacial score (nSPS) is 22.7. The van der Waals surface area contributed by atoms with Crippen LogP contribution >= 0.6 is 0 Å². The smallest absolute Gasteiger partial charge is 0.226 e. The summed E-state index contributed by atoms with van der Waals surface area (Å²) in [5.74, 6) is -0.424. The summed E-state index contributed by atoms with van der Waals surface area (Å²) in [7, 11) is 3.90. The maximum Gasteiger partial charge on any atom is 0.226 e. The molecule has 1 aromatic carbocycles. The first kappa shape index (κ1) is 18.6. The SMILES string of the molecule is Cc1c(CNC(=O)[C@@H]2CC[C@@H](N(C)Cc3ccccc3)[C@H]2O)cnn1C. The maximum atomic E-state index is 12.6. The number of nitrogens with zero attached hydrogens (tertiary/aromatic N) is 3. The minimum Gasteiger partial charge on any atom is -0.391 e. The fraction of sp³-hybridized carbons (Fsp3) is 0.500. The predicted octanol–water partition coefficient (Wildman–Crippen LogP) is 1.62. The summed E-state index contributed by atoms with van der Waals surface area (Å²) < 4.78 is 1.79. The van der Waals surface area contributed by atoms with Crippen molar-refractivity contribution in [2.24, 2.45) is 13.0 Å². The third-order valence-electron chi connectivity index (χ3n) is 5.55. The molecule has 2 aromatic rings. The molecule has 140 valence electrons. The van der Waals surface area contributed by atoms with Crippen molar-refractivity contribution in [1.82, 2.24) is 20.0 Å². The highest BCUT2D eigenvalue weighted by Crippen LogP contribution is 2.30. The lowest BCUT2D eigenvalue weighted by molar-refractivity contribution is -0.128. The van der Waals surface area contributed by atoms with Gasteiger partial charge in [0, 0.05) is 37.4 Å². The van der Waals surface area contributed by atoms with Crippen LogP contribution in [0.1, 0.15) is 29.7 Å². The van der Waals surface area contributed by atoms with Gasteiger partial charge in [-0.2, -0.15) is 5.10 Å². The number of benzene rings is 1. The summed E-state index contributed by atoms with van der Waals surface area (Å²) in [6.45, 7) is 3.20. The molecule has 0 saturated heterocycles. The number of aryl methyl sites for hydroxylation is 1. The Morgan fingerprint density at radius 3 is 2.73 bits per heavy atom. The number of hydrogen-bond acceptors (Lipinski definition) is 4. The van der Waals surface area contributed by atoms with E-state index in [4.69, 9.17) is 0 Å². The molecule has 3 atom stereocenters. The zero-order valence-corrected chi connectivity index (χ0v) is 15.7. The molecule has 0 unspecified atom stereocenters. The number of carbonyl (C=O) groups excluding carboxylic acids is 1. The fourth-order valence-electron chi connectivity index (χ4n) is 3.75. The molecule has 6 nitrogen and oxygen atoms in total. The Kier molecular flexibility index (Phi) is 5.74. The van der Waals surface area contributed by atoms with E-state index in [1.807, 2.05) is 39.2 Å². The molecule has 3 rings (SSSR count). The van der Waals surface area contributed by atoms with Gasteiger partial charge in [-0.3, -0.25) is 14.4 Å². The van der Waals surface area contributed by atoms with E-state index in [2.05, 4.69) is 27.4 Å². The van der Waals surface area contributed by atoms with Crippen molar-refractivity contribution < 1.29 is 9.90 Å². The number of likely N-dealkylation sites (N-methyl/N-ethyl adjacent to an activating group) is 1. The number of amides is 1. The Morgan fingerprint density at radius 2 is 2.08 bits per heavy atom. The topological polar surface area (TPSA) is 70.4 Å². The summed E-state index contributed by atoms with van der Waals surface area (Å²) in [5.41, 5.74) is 3.26. The second-order valence-electron chi connectivity index (χ2n) is 7.24. The Balaban J connectivity index is 1.55. The van der Waals surface area contributed by atoms with Gasteiger partial charge in [0.05, 0.1) is 18.2 Å². The Hall–Kier alpha value is -2.18. The Bertz CT molecular complexity index is 744. The number of aliphatic hydroxyl groups excluding tert-OH is 1. The van der Waals surface area contributed by atoms with E-state index < -0.39 is 6.10 Å². The van der Waals surface area contributed by atoms with E-state index in [1.54, 1.807) is 10.9 Å². The van der Waals surface area contributed by atoms with Gasteiger partial charge in [-0.15, -0.1) is 0 Å². The van der Waals surface area contributed by atoms with Gasteiger partial charge in [0.2, 0.25) is 5.91 Å². The molecule has 0 aliphatic heterocycles. The number of carbonyl (C=O) groups is 1. The fourth-order valence-corrected chi connectivity index (χ4v) is 3.75. The van der Waals surface area contributed by atoms with Crippen LogP contribution in [0.5, 0.6) is 0 Å². The molecule has 6 heteroatoms. The van der Waals surface area contributed by atoms with Crippen molar-refractivity contribution in [2.75, 3.05) is 7.05 Å². The lowest BCUT2D eigenvalue weighted by Crippen LogP contribution is -2.43. The molecule has 0 spiro atoms. The first-order chi connectivity index (χ1) is 12.5. The molecule has 1 saturated carbocycles. The van der Waals surface area contributed by atoms with E-state index >= 15 is 0 Å². The van der Waals surface area contributed by atoms with Crippen LogP contribution in [0.3, 0.4) is 0 Å². The van der Waals surface area contributed by atoms with Gasteiger partial charge in [0.15, 0.2) is 0 Å². The summed E-state index contributed by atoms with van der Waals surface area (Å²) in [6.07, 6.45) is 2.67. The molecule has 1 heterocycles. The summed E-state index contributed by atoms with van der Waals surface area (Å²) in [4.78, 5) is 14.7. The van der Waals surface area contributed by atoms with Crippen molar-refractivity contribution in [3.8, 4) is 0 Å². The second kappa shape index (κ2) is 8.01. The largest absolute Gasteiger partial charge is 0.391 e. The van der Waals surface area contributed by atoms with Crippen molar-refractivity contribution in [1.29, 1.82) is 0 Å². The molecule has 0 bridgehead atoms. The molecule has 1 amide bonds. The zero-order valence-electron chi connectivity index (χ0n) is 15.7. The monoisotopic (exact) mass is 356 g/mol. The van der Waals surface area contributed by atoms with Crippen LogP contribution in [0.25, 0.3) is 0 Å². The van der Waals surface area contributed by atoms with E-state index in [0.29, 0.717) is 13.0 Å². The van der Waals surface area contributed by atoms with Gasteiger partial charge < -0.3 is 10.4 Å². The van der Waals surface area contributed by atoms with Gasteiger partial charge in [0.1, 0.15) is 0 Å². The van der Waals surface area contributed by atoms with E-state index in [9.17, 15) is 9.90 Å². The number of nitrogens with one attached hydrogen (secondary N) is 1. The minimum absolute atomic E-state index is 0.00563. The van der Waals surface area contributed by atoms with E-state index in [0.717, 1.165) is 24.2 Å². The van der Waals surface area contributed by atoms with Crippen molar-refractivity contribution in [3.05, 3.63) is 53.3 Å². The standard InChI is InChI=1S/C20H28N4O2/c1-14-16(12-22-24(14)3)11-21-20(26)17-9-10-18(19(17)25)23(2)13-15-7-5-4-6-8-15/h4-8,12,17-19,25H,9-11,13H2,1-3H3,(H,21,26)/t17-,18-,19+/m1/s1. The highest BCUT2D eigenvalue weighted by Gasteiger charge is 2.40. The van der Waals surface area contributed by atoms with E-state index in [-0.39, 0.29) is 17.9 Å². The number of hydrogen-bond donors (Lipinski definition) is 2. The quantitative estimate of drug-likeness (QED) is 0.825. The van der Waals surface area contributed by atoms with Crippen LogP contribution in [0, 0.1) is 12.8 Å². The molecular weight excluding hydrogens is 328 g/mol. The van der Waals surface area contributed by atoms with Crippen LogP contribution in [0.15, 0.2) is 36.5 Å². The molecule has 1 aliphatic carbocycles. The molecule has 26 heavy (non-hydrogen) atoms. The average molecular weight is 356 g/mol. The first-order valence-corrected chi connectivity index (χ1v) is 9.14. The van der Waals surface area contributed by atoms with Crippen LogP contribution in [0.2, 0.25) is 0 Å². The first-order valence-electron chi connectivity index (χ1n) is 9.14. The third kappa shape index (κ3) is 3.97. The predicted molar refractivity (Wildman–Crippen MR) is 100 cm³/mol. The Morgan fingerprint density at radius 1 is 1.35 bits per heavy atom.